The molecule has 8 aromatic rings. The molecule has 0 saturated heterocycles. The first kappa shape index (κ1) is 26.2. The third-order valence-corrected chi connectivity index (χ3v) is 8.73. The molecule has 0 aliphatic rings. The Morgan fingerprint density at radius 1 is 0.455 bits per heavy atom. The van der Waals surface area contributed by atoms with E-state index in [-0.39, 0.29) is 5.41 Å². The van der Waals surface area contributed by atoms with Gasteiger partial charge in [-0.2, -0.15) is 0 Å². The van der Waals surface area contributed by atoms with Gasteiger partial charge in [-0.05, 0) is 67.2 Å². The second-order valence-electron chi connectivity index (χ2n) is 12.5. The number of fused-ring (bicyclic) bond motifs is 7. The Kier molecular flexibility index (Phi) is 5.66. The van der Waals surface area contributed by atoms with Crippen molar-refractivity contribution in [2.24, 2.45) is 0 Å². The zero-order valence-electron chi connectivity index (χ0n) is 24.6. The van der Waals surface area contributed by atoms with Crippen molar-refractivity contribution in [3.63, 3.8) is 0 Å². The van der Waals surface area contributed by atoms with Crippen LogP contribution >= 0.6 is 0 Å². The van der Waals surface area contributed by atoms with Gasteiger partial charge in [-0.15, -0.1) is 0 Å². The molecule has 0 amide bonds. The van der Waals surface area contributed by atoms with Crippen LogP contribution in [0.25, 0.3) is 76.5 Å². The fourth-order valence-corrected chi connectivity index (χ4v) is 6.39. The van der Waals surface area contributed by atoms with Gasteiger partial charge < -0.3 is 8.83 Å². The van der Waals surface area contributed by atoms with E-state index in [1.165, 1.54) is 5.56 Å². The van der Waals surface area contributed by atoms with Crippen molar-refractivity contribution in [1.29, 1.82) is 0 Å². The van der Waals surface area contributed by atoms with E-state index in [0.717, 1.165) is 54.2 Å². The monoisotopic (exact) mass is 572 g/mol. The van der Waals surface area contributed by atoms with Gasteiger partial charge in [0.15, 0.2) is 0 Å². The van der Waals surface area contributed by atoms with Crippen LogP contribution in [0.5, 0.6) is 0 Å². The van der Waals surface area contributed by atoms with Crippen LogP contribution in [0.15, 0.2) is 134 Å². The fourth-order valence-electron chi connectivity index (χ4n) is 6.39. The zero-order chi connectivity index (χ0) is 30.2. The first-order valence-electron chi connectivity index (χ1n) is 14.8. The average Bonchev–Trinajstić information content (AvgIpc) is 3.03. The number of benzene rings is 6. The van der Waals surface area contributed by atoms with Crippen LogP contribution in [-0.4, -0.2) is 0 Å². The number of hydrogen-bond acceptors (Lipinski definition) is 4. The molecular formula is C40H28O4. The summed E-state index contributed by atoms with van der Waals surface area (Å²) in [5.74, 6) is 0. The molecule has 4 heteroatoms. The van der Waals surface area contributed by atoms with Gasteiger partial charge >= 0.3 is 11.3 Å². The summed E-state index contributed by atoms with van der Waals surface area (Å²) < 4.78 is 11.8. The summed E-state index contributed by atoms with van der Waals surface area (Å²) in [4.78, 5) is 26.9. The summed E-state index contributed by atoms with van der Waals surface area (Å²) in [5.41, 5.74) is 4.04. The SMILES string of the molecule is CC(C)(C)c1ccc2c(ccc3oc(=O)c(-c4ccc(-c5cc6ccc7ccccc7c6oc5=O)c5ccccc45)cc32)c1. The van der Waals surface area contributed by atoms with Gasteiger partial charge in [0.25, 0.3) is 0 Å². The van der Waals surface area contributed by atoms with Gasteiger partial charge in [0, 0.05) is 16.2 Å². The van der Waals surface area contributed by atoms with Gasteiger partial charge in [0.05, 0.1) is 11.1 Å². The van der Waals surface area contributed by atoms with Gasteiger partial charge in [-0.3, -0.25) is 0 Å². The normalized spacial score (nSPS) is 12.2. The third kappa shape index (κ3) is 4.06. The van der Waals surface area contributed by atoms with Crippen molar-refractivity contribution in [1.82, 2.24) is 0 Å². The van der Waals surface area contributed by atoms with Crippen LogP contribution < -0.4 is 11.3 Å². The summed E-state index contributed by atoms with van der Waals surface area (Å²) in [6.45, 7) is 6.60. The lowest BCUT2D eigenvalue weighted by Gasteiger charge is -2.19. The van der Waals surface area contributed by atoms with E-state index in [4.69, 9.17) is 8.83 Å². The van der Waals surface area contributed by atoms with Crippen molar-refractivity contribution < 1.29 is 8.83 Å². The van der Waals surface area contributed by atoms with Crippen LogP contribution in [0.4, 0.5) is 0 Å². The Hall–Kier alpha value is -5.48. The molecule has 2 heterocycles. The molecule has 0 atom stereocenters. The van der Waals surface area contributed by atoms with Crippen molar-refractivity contribution in [3.05, 3.63) is 142 Å². The van der Waals surface area contributed by atoms with Crippen molar-refractivity contribution in [2.75, 3.05) is 0 Å². The van der Waals surface area contributed by atoms with E-state index in [2.05, 4.69) is 39.0 Å². The quantitative estimate of drug-likeness (QED) is 0.153. The van der Waals surface area contributed by atoms with Gasteiger partial charge in [-0.1, -0.05) is 118 Å². The summed E-state index contributed by atoms with van der Waals surface area (Å²) in [7, 11) is 0. The molecule has 0 N–H and O–H groups in total. The molecule has 4 nitrogen and oxygen atoms in total. The smallest absolute Gasteiger partial charge is 0.344 e. The van der Waals surface area contributed by atoms with E-state index in [1.54, 1.807) is 0 Å². The Morgan fingerprint density at radius 3 is 1.80 bits per heavy atom. The Morgan fingerprint density at radius 2 is 1.07 bits per heavy atom. The summed E-state index contributed by atoms with van der Waals surface area (Å²) in [5, 5.41) is 7.48. The minimum atomic E-state index is -0.405. The highest BCUT2D eigenvalue weighted by molar-refractivity contribution is 6.10. The lowest BCUT2D eigenvalue weighted by molar-refractivity contribution is 0.564. The maximum absolute atomic E-state index is 13.5. The van der Waals surface area contributed by atoms with E-state index >= 15 is 0 Å². The third-order valence-electron chi connectivity index (χ3n) is 8.73. The zero-order valence-corrected chi connectivity index (χ0v) is 24.6. The molecule has 212 valence electrons. The minimum absolute atomic E-state index is 0.0221. The lowest BCUT2D eigenvalue weighted by Crippen LogP contribution is -2.10. The molecule has 0 fully saturated rings. The average molecular weight is 573 g/mol. The first-order valence-corrected chi connectivity index (χ1v) is 14.8. The number of rotatable bonds is 2. The highest BCUT2D eigenvalue weighted by Crippen LogP contribution is 2.37. The Labute approximate surface area is 252 Å². The van der Waals surface area contributed by atoms with Crippen molar-refractivity contribution >= 4 is 54.3 Å². The lowest BCUT2D eigenvalue weighted by atomic mass is 9.85. The van der Waals surface area contributed by atoms with Gasteiger partial charge in [-0.25, -0.2) is 9.59 Å². The molecule has 0 bridgehead atoms. The fraction of sp³-hybridized carbons (Fsp3) is 0.100. The molecule has 0 unspecified atom stereocenters. The van der Waals surface area contributed by atoms with Crippen molar-refractivity contribution in [2.45, 2.75) is 26.2 Å². The van der Waals surface area contributed by atoms with Crippen LogP contribution in [0.3, 0.4) is 0 Å². The minimum Gasteiger partial charge on any atom is -0.422 e. The summed E-state index contributed by atoms with van der Waals surface area (Å²) >= 11 is 0. The molecule has 0 spiro atoms. The molecule has 8 rings (SSSR count). The van der Waals surface area contributed by atoms with Crippen LogP contribution in [-0.2, 0) is 5.41 Å². The van der Waals surface area contributed by atoms with Crippen LogP contribution in [0.2, 0.25) is 0 Å². The highest BCUT2D eigenvalue weighted by Gasteiger charge is 2.19. The highest BCUT2D eigenvalue weighted by atomic mass is 16.4. The predicted molar refractivity (Wildman–Crippen MR) is 181 cm³/mol. The molecule has 0 saturated carbocycles. The van der Waals surface area contributed by atoms with Gasteiger partial charge in [0.2, 0.25) is 0 Å². The van der Waals surface area contributed by atoms with E-state index in [0.29, 0.717) is 22.3 Å². The van der Waals surface area contributed by atoms with E-state index in [9.17, 15) is 9.59 Å². The van der Waals surface area contributed by atoms with Crippen molar-refractivity contribution in [3.8, 4) is 22.3 Å². The molecule has 0 aliphatic carbocycles. The second kappa shape index (κ2) is 9.51. The topological polar surface area (TPSA) is 60.4 Å². The van der Waals surface area contributed by atoms with Crippen LogP contribution in [0.1, 0.15) is 26.3 Å². The second-order valence-corrected chi connectivity index (χ2v) is 12.5. The molecule has 0 aliphatic heterocycles. The predicted octanol–water partition coefficient (Wildman–Crippen LogP) is 9.99. The maximum Gasteiger partial charge on any atom is 0.344 e. The summed E-state index contributed by atoms with van der Waals surface area (Å²) in [6.07, 6.45) is 0. The Balaban J connectivity index is 1.34. The van der Waals surface area contributed by atoms with E-state index < -0.39 is 11.3 Å². The number of hydrogen-bond donors (Lipinski definition) is 0. The van der Waals surface area contributed by atoms with Crippen LogP contribution in [0, 0.1) is 0 Å². The standard InChI is InChI=1S/C40H28O4/c1-40(2,3)26-15-16-27-24(20-26)14-19-36-33(27)22-35(38(41)43-36)32-18-17-31(29-10-6-7-11-30(29)32)34-21-25-13-12-23-8-4-5-9-28(23)37(25)44-39(34)42/h4-22H,1-3H3. The first-order chi connectivity index (χ1) is 21.3. The molecule has 0 radical (unpaired) electrons. The van der Waals surface area contributed by atoms with E-state index in [1.807, 2.05) is 97.1 Å². The molecule has 44 heavy (non-hydrogen) atoms. The maximum atomic E-state index is 13.5. The largest absolute Gasteiger partial charge is 0.422 e. The van der Waals surface area contributed by atoms with Gasteiger partial charge in [0.1, 0.15) is 11.2 Å². The molecule has 6 aromatic carbocycles. The Bertz CT molecular complexity index is 2580. The molecular weight excluding hydrogens is 544 g/mol. The molecule has 2 aromatic heterocycles. The summed E-state index contributed by atoms with van der Waals surface area (Å²) in [6, 6.07) is 37.7.